The monoisotopic (exact) mass is 381 g/mol. The summed E-state index contributed by atoms with van der Waals surface area (Å²) in [5.74, 6) is 0.114. The van der Waals surface area contributed by atoms with Gasteiger partial charge in [0.05, 0.1) is 17.9 Å². The average molecular weight is 381 g/mol. The lowest BCUT2D eigenvalue weighted by Crippen LogP contribution is -2.48. The summed E-state index contributed by atoms with van der Waals surface area (Å²) < 4.78 is 10.7. The van der Waals surface area contributed by atoms with Crippen molar-refractivity contribution in [3.05, 3.63) is 71.5 Å². The van der Waals surface area contributed by atoms with Crippen LogP contribution in [0.25, 0.3) is 10.4 Å². The van der Waals surface area contributed by atoms with E-state index in [0.717, 1.165) is 30.4 Å². The van der Waals surface area contributed by atoms with Crippen LogP contribution in [0.15, 0.2) is 65.5 Å². The summed E-state index contributed by atoms with van der Waals surface area (Å²) in [5, 5.41) is 3.18. The Labute approximate surface area is 163 Å². The van der Waals surface area contributed by atoms with Crippen LogP contribution < -0.4 is 5.32 Å². The lowest BCUT2D eigenvalue weighted by Gasteiger charge is -2.36. The van der Waals surface area contributed by atoms with Gasteiger partial charge in [-0.25, -0.2) is 0 Å². The Bertz CT molecular complexity index is 864. The molecule has 0 bridgehead atoms. The summed E-state index contributed by atoms with van der Waals surface area (Å²) in [6, 6.07) is 16.3. The van der Waals surface area contributed by atoms with E-state index in [1.807, 2.05) is 24.3 Å². The third kappa shape index (κ3) is 3.84. The van der Waals surface area contributed by atoms with E-state index in [1.165, 1.54) is 9.75 Å². The first-order chi connectivity index (χ1) is 13.3. The largest absolute Gasteiger partial charge is 0.472 e. The fourth-order valence-corrected chi connectivity index (χ4v) is 4.66. The molecule has 0 spiro atoms. The molecule has 1 saturated heterocycles. The van der Waals surface area contributed by atoms with Crippen LogP contribution in [0.4, 0.5) is 0 Å². The maximum atomic E-state index is 13.1. The Morgan fingerprint density at radius 2 is 1.89 bits per heavy atom. The zero-order valence-electron chi connectivity index (χ0n) is 15.1. The molecule has 0 unspecified atom stereocenters. The Hall–Kier alpha value is -2.37. The number of amides is 1. The highest BCUT2D eigenvalue weighted by Gasteiger charge is 2.41. The zero-order valence-corrected chi connectivity index (χ0v) is 16.0. The van der Waals surface area contributed by atoms with Crippen LogP contribution in [0.5, 0.6) is 0 Å². The molecule has 2 aromatic heterocycles. The van der Waals surface area contributed by atoms with E-state index in [9.17, 15) is 4.79 Å². The molecule has 1 aliphatic heterocycles. The lowest BCUT2D eigenvalue weighted by molar-refractivity contribution is -0.130. The maximum absolute atomic E-state index is 13.1. The number of carbonyl (C=O) groups is 1. The lowest BCUT2D eigenvalue weighted by atomic mass is 9.73. The summed E-state index contributed by atoms with van der Waals surface area (Å²) in [6.45, 7) is 1.89. The molecule has 3 heterocycles. The normalized spacial score (nSPS) is 16.1. The van der Waals surface area contributed by atoms with E-state index < -0.39 is 5.41 Å². The van der Waals surface area contributed by atoms with Gasteiger partial charge in [0.25, 0.3) is 0 Å². The topological polar surface area (TPSA) is 51.5 Å². The van der Waals surface area contributed by atoms with E-state index in [0.29, 0.717) is 19.8 Å². The predicted octanol–water partition coefficient (Wildman–Crippen LogP) is 4.42. The van der Waals surface area contributed by atoms with Crippen molar-refractivity contribution >= 4 is 17.2 Å². The summed E-state index contributed by atoms with van der Waals surface area (Å²) in [7, 11) is 0. The Kier molecular flexibility index (Phi) is 5.41. The molecule has 0 radical (unpaired) electrons. The molecule has 140 valence electrons. The smallest absolute Gasteiger partial charge is 0.230 e. The van der Waals surface area contributed by atoms with Gasteiger partial charge in [-0.05, 0) is 43.0 Å². The second-order valence-electron chi connectivity index (χ2n) is 6.84. The van der Waals surface area contributed by atoms with Gasteiger partial charge < -0.3 is 14.5 Å². The van der Waals surface area contributed by atoms with E-state index in [4.69, 9.17) is 9.15 Å². The number of thiophene rings is 1. The van der Waals surface area contributed by atoms with Crippen LogP contribution in [0.1, 0.15) is 23.3 Å². The molecule has 3 aromatic rings. The van der Waals surface area contributed by atoms with Gasteiger partial charge in [0.1, 0.15) is 0 Å². The van der Waals surface area contributed by atoms with E-state index in [-0.39, 0.29) is 5.91 Å². The van der Waals surface area contributed by atoms with E-state index in [1.54, 1.807) is 23.9 Å². The van der Waals surface area contributed by atoms with Crippen LogP contribution in [0.2, 0.25) is 0 Å². The van der Waals surface area contributed by atoms with Crippen molar-refractivity contribution < 1.29 is 13.9 Å². The number of carbonyl (C=O) groups excluding carboxylic acids is 1. The van der Waals surface area contributed by atoms with Gasteiger partial charge in [-0.3, -0.25) is 4.79 Å². The highest BCUT2D eigenvalue weighted by atomic mass is 32.1. The highest BCUT2D eigenvalue weighted by molar-refractivity contribution is 7.15. The number of ether oxygens (including phenoxy) is 1. The third-order valence-corrected chi connectivity index (χ3v) is 6.43. The van der Waals surface area contributed by atoms with Crippen LogP contribution in [0, 0.1) is 0 Å². The summed E-state index contributed by atoms with van der Waals surface area (Å²) >= 11 is 1.74. The molecule has 0 saturated carbocycles. The van der Waals surface area contributed by atoms with E-state index >= 15 is 0 Å². The van der Waals surface area contributed by atoms with Gasteiger partial charge in [0.15, 0.2) is 0 Å². The molecular weight excluding hydrogens is 358 g/mol. The van der Waals surface area contributed by atoms with Gasteiger partial charge in [-0.15, -0.1) is 11.3 Å². The number of hydrogen-bond acceptors (Lipinski definition) is 4. The third-order valence-electron chi connectivity index (χ3n) is 5.23. The molecule has 27 heavy (non-hydrogen) atoms. The van der Waals surface area contributed by atoms with Crippen molar-refractivity contribution in [1.29, 1.82) is 0 Å². The number of furan rings is 1. The Balaban J connectivity index is 1.40. The SMILES string of the molecule is O=C(NCCc1ccc(-c2ccoc2)s1)C1(c2ccccc2)CCOCC1. The molecule has 4 nitrogen and oxygen atoms in total. The quantitative estimate of drug-likeness (QED) is 0.688. The Morgan fingerprint density at radius 1 is 1.07 bits per heavy atom. The molecule has 4 rings (SSSR count). The fraction of sp³-hybridized carbons (Fsp3) is 0.318. The summed E-state index contributed by atoms with van der Waals surface area (Å²) in [5.41, 5.74) is 1.71. The summed E-state index contributed by atoms with van der Waals surface area (Å²) in [6.07, 6.45) is 5.73. The van der Waals surface area contributed by atoms with Crippen LogP contribution in [-0.2, 0) is 21.4 Å². The van der Waals surface area contributed by atoms with Crippen molar-refractivity contribution in [2.75, 3.05) is 19.8 Å². The van der Waals surface area contributed by atoms with Gasteiger partial charge in [0, 0.05) is 35.1 Å². The molecule has 1 aliphatic rings. The summed E-state index contributed by atoms with van der Waals surface area (Å²) in [4.78, 5) is 15.6. The zero-order chi connectivity index (χ0) is 18.5. The van der Waals surface area contributed by atoms with Crippen molar-refractivity contribution in [2.24, 2.45) is 0 Å². The van der Waals surface area contributed by atoms with E-state index in [2.05, 4.69) is 29.6 Å². The molecule has 5 heteroatoms. The van der Waals surface area contributed by atoms with Gasteiger partial charge in [0.2, 0.25) is 5.91 Å². The molecule has 1 aromatic carbocycles. The standard InChI is InChI=1S/C22H23NO3S/c24-21(22(10-14-25-15-11-22)18-4-2-1-3-5-18)23-12-8-19-6-7-20(27-19)17-9-13-26-16-17/h1-7,9,13,16H,8,10-12,14-15H2,(H,23,24). The maximum Gasteiger partial charge on any atom is 0.230 e. The van der Waals surface area contributed by atoms with Crippen LogP contribution in [0.3, 0.4) is 0 Å². The number of hydrogen-bond donors (Lipinski definition) is 1. The van der Waals surface area contributed by atoms with Crippen LogP contribution in [-0.4, -0.2) is 25.7 Å². The van der Waals surface area contributed by atoms with Gasteiger partial charge in [-0.1, -0.05) is 30.3 Å². The second-order valence-corrected chi connectivity index (χ2v) is 8.01. The minimum Gasteiger partial charge on any atom is -0.472 e. The molecule has 0 aliphatic carbocycles. The van der Waals surface area contributed by atoms with Crippen molar-refractivity contribution in [2.45, 2.75) is 24.7 Å². The predicted molar refractivity (Wildman–Crippen MR) is 107 cm³/mol. The first kappa shape index (κ1) is 18.0. The van der Waals surface area contributed by atoms with Crippen molar-refractivity contribution in [3.63, 3.8) is 0 Å². The first-order valence-corrected chi connectivity index (χ1v) is 10.1. The number of nitrogens with one attached hydrogen (secondary N) is 1. The Morgan fingerprint density at radius 3 is 2.63 bits per heavy atom. The fourth-order valence-electron chi connectivity index (χ4n) is 3.66. The average Bonchev–Trinajstić information content (AvgIpc) is 3.41. The van der Waals surface area contributed by atoms with Crippen LogP contribution >= 0.6 is 11.3 Å². The van der Waals surface area contributed by atoms with Crippen molar-refractivity contribution in [3.8, 4) is 10.4 Å². The first-order valence-electron chi connectivity index (χ1n) is 9.31. The molecule has 1 fully saturated rings. The highest BCUT2D eigenvalue weighted by Crippen LogP contribution is 2.35. The van der Waals surface area contributed by atoms with Gasteiger partial charge >= 0.3 is 0 Å². The number of benzene rings is 1. The number of rotatable bonds is 6. The second kappa shape index (κ2) is 8.11. The van der Waals surface area contributed by atoms with Gasteiger partial charge in [-0.2, -0.15) is 0 Å². The van der Waals surface area contributed by atoms with Crippen molar-refractivity contribution in [1.82, 2.24) is 5.32 Å². The minimum absolute atomic E-state index is 0.114. The minimum atomic E-state index is -0.475. The molecule has 1 N–H and O–H groups in total. The molecule has 1 amide bonds. The molecule has 0 atom stereocenters. The molecular formula is C22H23NO3S.